The molecule has 27 heavy (non-hydrogen) atoms. The van der Waals surface area contributed by atoms with Gasteiger partial charge in [0.25, 0.3) is 0 Å². The molecular formula is C20H14N2O5. The zero-order chi connectivity index (χ0) is 19.2. The Morgan fingerprint density at radius 1 is 0.926 bits per heavy atom. The Kier molecular flexibility index (Phi) is 3.66. The highest BCUT2D eigenvalue weighted by atomic mass is 16.7. The summed E-state index contributed by atoms with van der Waals surface area (Å²) in [6, 6.07) is 16.3. The minimum Gasteiger partial charge on any atom is -0.507 e. The van der Waals surface area contributed by atoms with Crippen LogP contribution in [0, 0.1) is 20.2 Å². The number of benzene rings is 3. The standard InChI is InChI=1S/C20H14N2O5/c23-18-9-8-14-12-20(21(24)25,22(26)27)11-10-16(14)19(18)17-7-3-5-13-4-1-2-6-15(13)17/h1-11,23H,12H2. The average Bonchev–Trinajstić information content (AvgIpc) is 2.67. The lowest BCUT2D eigenvalue weighted by atomic mass is 9.84. The van der Waals surface area contributed by atoms with Crippen LogP contribution in [0.2, 0.25) is 0 Å². The normalized spacial score (nSPS) is 14.7. The molecule has 0 bridgehead atoms. The maximum atomic E-state index is 11.4. The zero-order valence-corrected chi connectivity index (χ0v) is 14.0. The maximum absolute atomic E-state index is 11.4. The minimum absolute atomic E-state index is 0.0180. The van der Waals surface area contributed by atoms with Crippen molar-refractivity contribution in [3.05, 3.63) is 92.0 Å². The SMILES string of the molecule is O=[N+]([O-])C1([N+](=O)[O-])C=Cc2c(ccc(O)c2-c2cccc3ccccc23)C1. The number of fused-ring (bicyclic) bond motifs is 2. The van der Waals surface area contributed by atoms with E-state index in [2.05, 4.69) is 0 Å². The van der Waals surface area contributed by atoms with Crippen LogP contribution in [0.25, 0.3) is 28.0 Å². The van der Waals surface area contributed by atoms with Gasteiger partial charge in [-0.2, -0.15) is 0 Å². The van der Waals surface area contributed by atoms with Crippen LogP contribution in [0.15, 0.2) is 60.7 Å². The van der Waals surface area contributed by atoms with Gasteiger partial charge in [-0.05, 0) is 39.6 Å². The summed E-state index contributed by atoms with van der Waals surface area (Å²) in [5.74, 6) is 0.0180. The van der Waals surface area contributed by atoms with Gasteiger partial charge < -0.3 is 5.11 Å². The molecule has 0 heterocycles. The van der Waals surface area contributed by atoms with E-state index in [1.54, 1.807) is 0 Å². The number of nitrogens with zero attached hydrogens (tertiary/aromatic N) is 2. The first kappa shape index (κ1) is 16.7. The van der Waals surface area contributed by atoms with Crippen molar-refractivity contribution in [2.75, 3.05) is 0 Å². The number of hydrogen-bond acceptors (Lipinski definition) is 5. The summed E-state index contributed by atoms with van der Waals surface area (Å²) in [6.45, 7) is 0. The van der Waals surface area contributed by atoms with E-state index in [9.17, 15) is 25.3 Å². The summed E-state index contributed by atoms with van der Waals surface area (Å²) in [4.78, 5) is 21.0. The number of aromatic hydroxyl groups is 1. The molecule has 0 aromatic heterocycles. The molecule has 0 saturated heterocycles. The molecule has 134 valence electrons. The molecule has 0 spiro atoms. The lowest BCUT2D eigenvalue weighted by molar-refractivity contribution is -0.780. The molecule has 0 radical (unpaired) electrons. The molecule has 7 nitrogen and oxygen atoms in total. The van der Waals surface area contributed by atoms with Gasteiger partial charge in [0.05, 0.1) is 6.08 Å². The molecule has 0 atom stereocenters. The highest BCUT2D eigenvalue weighted by Gasteiger charge is 2.55. The summed E-state index contributed by atoms with van der Waals surface area (Å²) in [5.41, 5.74) is -0.0973. The van der Waals surface area contributed by atoms with Gasteiger partial charge in [0, 0.05) is 5.56 Å². The second kappa shape index (κ2) is 5.91. The summed E-state index contributed by atoms with van der Waals surface area (Å²) in [5, 5.41) is 35.2. The van der Waals surface area contributed by atoms with E-state index in [4.69, 9.17) is 0 Å². The van der Waals surface area contributed by atoms with Crippen LogP contribution >= 0.6 is 0 Å². The molecule has 0 unspecified atom stereocenters. The molecule has 1 N–H and O–H groups in total. The molecule has 3 aromatic carbocycles. The first-order valence-electron chi connectivity index (χ1n) is 8.25. The molecule has 0 fully saturated rings. The van der Waals surface area contributed by atoms with Crippen molar-refractivity contribution < 1.29 is 15.0 Å². The highest BCUT2D eigenvalue weighted by Crippen LogP contribution is 2.42. The fourth-order valence-electron chi connectivity index (χ4n) is 3.60. The zero-order valence-electron chi connectivity index (χ0n) is 14.0. The van der Waals surface area contributed by atoms with Gasteiger partial charge in [-0.1, -0.05) is 48.5 Å². The quantitative estimate of drug-likeness (QED) is 0.430. The van der Waals surface area contributed by atoms with E-state index < -0.39 is 15.5 Å². The Hall–Kier alpha value is -3.74. The number of hydrogen-bond donors (Lipinski definition) is 1. The summed E-state index contributed by atoms with van der Waals surface area (Å²) < 4.78 is 0. The lowest BCUT2D eigenvalue weighted by Crippen LogP contribution is -2.47. The summed E-state index contributed by atoms with van der Waals surface area (Å²) in [7, 11) is 0. The van der Waals surface area contributed by atoms with Crippen molar-refractivity contribution in [3.8, 4) is 16.9 Å². The van der Waals surface area contributed by atoms with E-state index in [0.29, 0.717) is 16.7 Å². The van der Waals surface area contributed by atoms with E-state index in [1.165, 1.54) is 18.2 Å². The van der Waals surface area contributed by atoms with Crippen LogP contribution in [0.5, 0.6) is 5.75 Å². The molecule has 1 aliphatic carbocycles. The first-order chi connectivity index (χ1) is 12.9. The van der Waals surface area contributed by atoms with Gasteiger partial charge in [0.2, 0.25) is 0 Å². The predicted octanol–water partition coefficient (Wildman–Crippen LogP) is 4.03. The number of phenols is 1. The highest BCUT2D eigenvalue weighted by molar-refractivity contribution is 6.00. The Balaban J connectivity index is 1.98. The van der Waals surface area contributed by atoms with E-state index in [1.807, 2.05) is 42.5 Å². The van der Waals surface area contributed by atoms with Gasteiger partial charge in [-0.15, -0.1) is 0 Å². The van der Waals surface area contributed by atoms with E-state index >= 15 is 0 Å². The Bertz CT molecular complexity index is 1120. The van der Waals surface area contributed by atoms with Gasteiger partial charge in [0.15, 0.2) is 0 Å². The maximum Gasteiger partial charge on any atom is 0.481 e. The Labute approximate surface area is 153 Å². The fraction of sp³-hybridized carbons (Fsp3) is 0.100. The number of nitro groups is 2. The summed E-state index contributed by atoms with van der Waals surface area (Å²) >= 11 is 0. The molecule has 0 amide bonds. The van der Waals surface area contributed by atoms with Crippen LogP contribution in [0.4, 0.5) is 0 Å². The monoisotopic (exact) mass is 362 g/mol. The van der Waals surface area contributed by atoms with Gasteiger partial charge in [-0.3, -0.25) is 20.2 Å². The third kappa shape index (κ3) is 2.43. The number of phenolic OH excluding ortho intramolecular Hbond substituents is 1. The van der Waals surface area contributed by atoms with Crippen molar-refractivity contribution in [2.24, 2.45) is 0 Å². The third-order valence-electron chi connectivity index (χ3n) is 4.97. The van der Waals surface area contributed by atoms with Crippen LogP contribution in [-0.2, 0) is 6.42 Å². The molecular weight excluding hydrogens is 348 g/mol. The van der Waals surface area contributed by atoms with Gasteiger partial charge in [0.1, 0.15) is 22.0 Å². The third-order valence-corrected chi connectivity index (χ3v) is 4.97. The number of rotatable bonds is 3. The topological polar surface area (TPSA) is 107 Å². The van der Waals surface area contributed by atoms with Crippen LogP contribution < -0.4 is 0 Å². The van der Waals surface area contributed by atoms with Crippen LogP contribution in [-0.4, -0.2) is 20.6 Å². The Morgan fingerprint density at radius 2 is 1.63 bits per heavy atom. The van der Waals surface area contributed by atoms with Crippen LogP contribution in [0.1, 0.15) is 11.1 Å². The van der Waals surface area contributed by atoms with Crippen molar-refractivity contribution in [2.45, 2.75) is 12.1 Å². The molecule has 0 aliphatic heterocycles. The second-order valence-electron chi connectivity index (χ2n) is 6.46. The summed E-state index contributed by atoms with van der Waals surface area (Å²) in [6.07, 6.45) is 2.00. The van der Waals surface area contributed by atoms with Crippen molar-refractivity contribution in [1.29, 1.82) is 0 Å². The van der Waals surface area contributed by atoms with Crippen molar-refractivity contribution in [1.82, 2.24) is 0 Å². The van der Waals surface area contributed by atoms with E-state index in [-0.39, 0.29) is 12.2 Å². The molecule has 4 rings (SSSR count). The van der Waals surface area contributed by atoms with Gasteiger partial charge >= 0.3 is 5.66 Å². The molecule has 0 saturated carbocycles. The van der Waals surface area contributed by atoms with E-state index in [0.717, 1.165) is 22.4 Å². The molecule has 3 aromatic rings. The first-order valence-corrected chi connectivity index (χ1v) is 8.25. The average molecular weight is 362 g/mol. The minimum atomic E-state index is -2.39. The Morgan fingerprint density at radius 3 is 2.37 bits per heavy atom. The van der Waals surface area contributed by atoms with Crippen molar-refractivity contribution in [3.63, 3.8) is 0 Å². The van der Waals surface area contributed by atoms with Gasteiger partial charge in [-0.25, -0.2) is 0 Å². The predicted molar refractivity (Wildman–Crippen MR) is 101 cm³/mol. The smallest absolute Gasteiger partial charge is 0.481 e. The van der Waals surface area contributed by atoms with Crippen molar-refractivity contribution >= 4 is 16.8 Å². The fourth-order valence-corrected chi connectivity index (χ4v) is 3.60. The molecule has 7 heteroatoms. The van der Waals surface area contributed by atoms with Crippen LogP contribution in [0.3, 0.4) is 0 Å². The largest absolute Gasteiger partial charge is 0.507 e. The molecule has 1 aliphatic rings. The lowest BCUT2D eigenvalue weighted by Gasteiger charge is -2.22. The second-order valence-corrected chi connectivity index (χ2v) is 6.46.